The Morgan fingerprint density at radius 1 is 1.24 bits per heavy atom. The van der Waals surface area contributed by atoms with Crippen molar-refractivity contribution in [3.05, 3.63) is 35.4 Å². The summed E-state index contributed by atoms with van der Waals surface area (Å²) in [5.41, 5.74) is 1.51. The molecular formula is C19H24N4O2. The number of nitriles is 1. The molecule has 1 N–H and O–H groups in total. The molecule has 6 nitrogen and oxygen atoms in total. The molecule has 25 heavy (non-hydrogen) atoms. The van der Waals surface area contributed by atoms with Gasteiger partial charge in [-0.15, -0.1) is 0 Å². The highest BCUT2D eigenvalue weighted by Gasteiger charge is 2.30. The zero-order valence-electron chi connectivity index (χ0n) is 14.4. The number of nitrogens with zero attached hydrogens (tertiary/aromatic N) is 3. The lowest BCUT2D eigenvalue weighted by Gasteiger charge is -2.40. The average Bonchev–Trinajstić information content (AvgIpc) is 2.67. The summed E-state index contributed by atoms with van der Waals surface area (Å²) in [7, 11) is 0. The van der Waals surface area contributed by atoms with Gasteiger partial charge in [-0.2, -0.15) is 5.26 Å². The SMILES string of the molecule is N#Cc1cccc(CNC(=O)N2CCC(N3CCCCC3=O)CC2)c1. The monoisotopic (exact) mass is 340 g/mol. The Morgan fingerprint density at radius 3 is 2.76 bits per heavy atom. The Labute approximate surface area is 148 Å². The van der Waals surface area contributed by atoms with E-state index in [0.29, 0.717) is 31.6 Å². The van der Waals surface area contributed by atoms with E-state index >= 15 is 0 Å². The summed E-state index contributed by atoms with van der Waals surface area (Å²) in [6.07, 6.45) is 4.46. The largest absolute Gasteiger partial charge is 0.340 e. The summed E-state index contributed by atoms with van der Waals surface area (Å²) in [5.74, 6) is 0.270. The van der Waals surface area contributed by atoms with Gasteiger partial charge in [0.2, 0.25) is 5.91 Å². The molecule has 0 spiro atoms. The molecule has 2 aliphatic heterocycles. The van der Waals surface area contributed by atoms with Crippen LogP contribution in [0.15, 0.2) is 24.3 Å². The second-order valence-electron chi connectivity index (χ2n) is 6.73. The summed E-state index contributed by atoms with van der Waals surface area (Å²) < 4.78 is 0. The molecule has 0 aromatic heterocycles. The summed E-state index contributed by atoms with van der Waals surface area (Å²) in [6.45, 7) is 2.64. The standard InChI is InChI=1S/C19H24N4O2/c20-13-15-4-3-5-16(12-15)14-21-19(25)22-10-7-17(8-11-22)23-9-2-1-6-18(23)24/h3-5,12,17H,1-2,6-11,14H2,(H,21,25). The molecule has 0 saturated carbocycles. The lowest BCUT2D eigenvalue weighted by atomic mass is 10.00. The Hall–Kier alpha value is -2.55. The molecule has 0 aliphatic carbocycles. The molecule has 2 saturated heterocycles. The summed E-state index contributed by atoms with van der Waals surface area (Å²) >= 11 is 0. The molecule has 3 amide bonds. The van der Waals surface area contributed by atoms with E-state index in [0.717, 1.165) is 37.8 Å². The maximum Gasteiger partial charge on any atom is 0.317 e. The van der Waals surface area contributed by atoms with Gasteiger partial charge >= 0.3 is 6.03 Å². The zero-order valence-corrected chi connectivity index (χ0v) is 14.4. The van der Waals surface area contributed by atoms with Crippen LogP contribution in [0.2, 0.25) is 0 Å². The number of urea groups is 1. The number of carbonyl (C=O) groups excluding carboxylic acids is 2. The van der Waals surface area contributed by atoms with Gasteiger partial charge in [-0.25, -0.2) is 4.79 Å². The third kappa shape index (κ3) is 4.30. The smallest absolute Gasteiger partial charge is 0.317 e. The van der Waals surface area contributed by atoms with Crippen molar-refractivity contribution in [2.75, 3.05) is 19.6 Å². The van der Waals surface area contributed by atoms with Crippen LogP contribution < -0.4 is 5.32 Å². The lowest BCUT2D eigenvalue weighted by Crippen LogP contribution is -2.51. The van der Waals surface area contributed by atoms with Crippen LogP contribution in [0.3, 0.4) is 0 Å². The molecule has 1 aromatic rings. The quantitative estimate of drug-likeness (QED) is 0.917. The Morgan fingerprint density at radius 2 is 2.04 bits per heavy atom. The first-order valence-corrected chi connectivity index (χ1v) is 8.98. The van der Waals surface area contributed by atoms with Crippen LogP contribution in [-0.2, 0) is 11.3 Å². The van der Waals surface area contributed by atoms with Crippen molar-refractivity contribution in [1.82, 2.24) is 15.1 Å². The van der Waals surface area contributed by atoms with Gasteiger partial charge in [0.25, 0.3) is 0 Å². The van der Waals surface area contributed by atoms with Crippen LogP contribution in [0, 0.1) is 11.3 Å². The minimum Gasteiger partial charge on any atom is -0.340 e. The van der Waals surface area contributed by atoms with E-state index in [1.54, 1.807) is 12.1 Å². The molecule has 0 bridgehead atoms. The Balaban J connectivity index is 1.46. The number of hydrogen-bond donors (Lipinski definition) is 1. The Bertz CT molecular complexity index is 674. The van der Waals surface area contributed by atoms with Crippen LogP contribution in [0.5, 0.6) is 0 Å². The van der Waals surface area contributed by atoms with Gasteiger partial charge in [0.15, 0.2) is 0 Å². The van der Waals surface area contributed by atoms with Crippen LogP contribution in [-0.4, -0.2) is 47.4 Å². The first-order chi connectivity index (χ1) is 12.2. The van der Waals surface area contributed by atoms with Crippen molar-refractivity contribution >= 4 is 11.9 Å². The summed E-state index contributed by atoms with van der Waals surface area (Å²) in [4.78, 5) is 28.2. The fourth-order valence-electron chi connectivity index (χ4n) is 3.63. The number of amides is 3. The number of benzene rings is 1. The molecule has 2 aliphatic rings. The highest BCUT2D eigenvalue weighted by molar-refractivity contribution is 5.77. The number of hydrogen-bond acceptors (Lipinski definition) is 3. The fourth-order valence-corrected chi connectivity index (χ4v) is 3.63. The minimum atomic E-state index is -0.0780. The molecule has 0 radical (unpaired) electrons. The van der Waals surface area contributed by atoms with E-state index in [9.17, 15) is 9.59 Å². The fraction of sp³-hybridized carbons (Fsp3) is 0.526. The van der Waals surface area contributed by atoms with Crippen molar-refractivity contribution in [3.8, 4) is 6.07 Å². The maximum atomic E-state index is 12.3. The van der Waals surface area contributed by atoms with E-state index in [2.05, 4.69) is 11.4 Å². The second kappa shape index (κ2) is 8.02. The van der Waals surface area contributed by atoms with Gasteiger partial charge in [0, 0.05) is 38.6 Å². The number of rotatable bonds is 3. The van der Waals surface area contributed by atoms with Crippen LogP contribution in [0.1, 0.15) is 43.2 Å². The summed E-state index contributed by atoms with van der Waals surface area (Å²) in [6, 6.07) is 9.56. The van der Waals surface area contributed by atoms with Gasteiger partial charge in [-0.1, -0.05) is 12.1 Å². The predicted octanol–water partition coefficient (Wildman–Crippen LogP) is 2.24. The van der Waals surface area contributed by atoms with Crippen molar-refractivity contribution in [2.24, 2.45) is 0 Å². The highest BCUT2D eigenvalue weighted by Crippen LogP contribution is 2.21. The average molecular weight is 340 g/mol. The molecular weight excluding hydrogens is 316 g/mol. The van der Waals surface area contributed by atoms with Crippen molar-refractivity contribution in [1.29, 1.82) is 5.26 Å². The molecule has 0 unspecified atom stereocenters. The van der Waals surface area contributed by atoms with E-state index in [-0.39, 0.29) is 18.0 Å². The number of carbonyl (C=O) groups is 2. The summed E-state index contributed by atoms with van der Waals surface area (Å²) in [5, 5.41) is 11.8. The minimum absolute atomic E-state index is 0.0780. The first-order valence-electron chi connectivity index (χ1n) is 8.98. The topological polar surface area (TPSA) is 76.4 Å². The first kappa shape index (κ1) is 17.3. The van der Waals surface area contributed by atoms with Gasteiger partial charge in [0.1, 0.15) is 0 Å². The molecule has 6 heteroatoms. The molecule has 2 heterocycles. The number of nitrogens with one attached hydrogen (secondary N) is 1. The third-order valence-electron chi connectivity index (χ3n) is 5.05. The van der Waals surface area contributed by atoms with Crippen LogP contribution in [0.25, 0.3) is 0 Å². The second-order valence-corrected chi connectivity index (χ2v) is 6.73. The Kier molecular flexibility index (Phi) is 5.54. The third-order valence-corrected chi connectivity index (χ3v) is 5.05. The molecule has 132 valence electrons. The van der Waals surface area contributed by atoms with Crippen LogP contribution in [0.4, 0.5) is 4.79 Å². The maximum absolute atomic E-state index is 12.3. The zero-order chi connectivity index (χ0) is 17.6. The normalized spacial score (nSPS) is 18.8. The van der Waals surface area contributed by atoms with Gasteiger partial charge in [0.05, 0.1) is 11.6 Å². The number of piperidine rings is 2. The highest BCUT2D eigenvalue weighted by atomic mass is 16.2. The van der Waals surface area contributed by atoms with Gasteiger partial charge in [-0.05, 0) is 43.4 Å². The number of likely N-dealkylation sites (tertiary alicyclic amines) is 2. The lowest BCUT2D eigenvalue weighted by molar-refractivity contribution is -0.136. The van der Waals surface area contributed by atoms with E-state index < -0.39 is 0 Å². The molecule has 1 aromatic carbocycles. The van der Waals surface area contributed by atoms with Crippen molar-refractivity contribution in [3.63, 3.8) is 0 Å². The van der Waals surface area contributed by atoms with E-state index in [4.69, 9.17) is 5.26 Å². The van der Waals surface area contributed by atoms with Gasteiger partial charge < -0.3 is 15.1 Å². The van der Waals surface area contributed by atoms with E-state index in [1.807, 2.05) is 21.9 Å². The molecule has 3 rings (SSSR count). The van der Waals surface area contributed by atoms with Crippen molar-refractivity contribution < 1.29 is 9.59 Å². The van der Waals surface area contributed by atoms with Crippen molar-refractivity contribution in [2.45, 2.75) is 44.7 Å². The van der Waals surface area contributed by atoms with Crippen LogP contribution >= 0.6 is 0 Å². The van der Waals surface area contributed by atoms with Gasteiger partial charge in [-0.3, -0.25) is 4.79 Å². The predicted molar refractivity (Wildman–Crippen MR) is 93.6 cm³/mol. The molecule has 2 fully saturated rings. The van der Waals surface area contributed by atoms with E-state index in [1.165, 1.54) is 0 Å². The molecule has 0 atom stereocenters.